The molecule has 0 aliphatic rings. The summed E-state index contributed by atoms with van der Waals surface area (Å²) >= 11 is 0. The smallest absolute Gasteiger partial charge is 0.137 e. The second-order valence-corrected chi connectivity index (χ2v) is 4.92. The highest BCUT2D eigenvalue weighted by molar-refractivity contribution is 5.68. The first-order chi connectivity index (χ1) is 9.72. The summed E-state index contributed by atoms with van der Waals surface area (Å²) in [6.07, 6.45) is 0. The molecule has 0 amide bonds. The Morgan fingerprint density at radius 3 is 2.55 bits per heavy atom. The van der Waals surface area contributed by atoms with E-state index in [0.717, 1.165) is 28.3 Å². The molecule has 0 spiro atoms. The third-order valence-electron chi connectivity index (χ3n) is 3.53. The van der Waals surface area contributed by atoms with Gasteiger partial charge in [0.1, 0.15) is 5.65 Å². The first-order valence-corrected chi connectivity index (χ1v) is 6.65. The molecule has 2 heterocycles. The number of nitriles is 1. The summed E-state index contributed by atoms with van der Waals surface area (Å²) in [6, 6.07) is 18.4. The number of imidazole rings is 1. The van der Waals surface area contributed by atoms with Crippen LogP contribution < -0.4 is 0 Å². The molecule has 0 fully saturated rings. The van der Waals surface area contributed by atoms with Gasteiger partial charge in [0, 0.05) is 11.3 Å². The summed E-state index contributed by atoms with van der Waals surface area (Å²) in [5.74, 6) is -0.207. The molecule has 98 valence electrons. The van der Waals surface area contributed by atoms with Gasteiger partial charge in [-0.3, -0.25) is 4.40 Å². The van der Waals surface area contributed by atoms with E-state index in [4.69, 9.17) is 4.98 Å². The van der Waals surface area contributed by atoms with Gasteiger partial charge < -0.3 is 0 Å². The second kappa shape index (κ2) is 4.82. The number of hydrogen-bond acceptors (Lipinski definition) is 2. The zero-order valence-corrected chi connectivity index (χ0v) is 11.5. The fraction of sp³-hybridized carbons (Fsp3) is 0.176. The van der Waals surface area contributed by atoms with Crippen molar-refractivity contribution in [3.8, 4) is 17.3 Å². The zero-order chi connectivity index (χ0) is 14.1. The molecule has 3 nitrogen and oxygen atoms in total. The van der Waals surface area contributed by atoms with Crippen LogP contribution in [0.25, 0.3) is 16.9 Å². The quantitative estimate of drug-likeness (QED) is 0.701. The number of rotatable bonds is 2. The van der Waals surface area contributed by atoms with Crippen molar-refractivity contribution in [2.24, 2.45) is 0 Å². The lowest BCUT2D eigenvalue weighted by atomic mass is 10.0. The lowest BCUT2D eigenvalue weighted by Gasteiger charge is -2.09. The predicted molar refractivity (Wildman–Crippen MR) is 79.4 cm³/mol. The Balaban J connectivity index is 2.38. The van der Waals surface area contributed by atoms with Crippen LogP contribution in [-0.2, 0) is 0 Å². The number of aryl methyl sites for hydroxylation is 1. The van der Waals surface area contributed by atoms with Gasteiger partial charge in [-0.05, 0) is 26.0 Å². The van der Waals surface area contributed by atoms with E-state index in [0.29, 0.717) is 0 Å². The van der Waals surface area contributed by atoms with E-state index >= 15 is 0 Å². The van der Waals surface area contributed by atoms with Gasteiger partial charge in [-0.2, -0.15) is 5.26 Å². The summed E-state index contributed by atoms with van der Waals surface area (Å²) in [7, 11) is 0. The van der Waals surface area contributed by atoms with Crippen molar-refractivity contribution in [1.82, 2.24) is 9.38 Å². The molecular weight excluding hydrogens is 246 g/mol. The number of hydrogen-bond donors (Lipinski definition) is 0. The van der Waals surface area contributed by atoms with E-state index < -0.39 is 0 Å². The Bertz CT molecular complexity index is 794. The van der Waals surface area contributed by atoms with Gasteiger partial charge in [0.25, 0.3) is 0 Å². The maximum absolute atomic E-state index is 9.34. The Kier molecular flexibility index (Phi) is 3.00. The topological polar surface area (TPSA) is 41.1 Å². The number of fused-ring (bicyclic) bond motifs is 1. The monoisotopic (exact) mass is 261 g/mol. The van der Waals surface area contributed by atoms with Gasteiger partial charge in [0.15, 0.2) is 0 Å². The van der Waals surface area contributed by atoms with Gasteiger partial charge in [-0.1, -0.05) is 36.4 Å². The minimum Gasteiger partial charge on any atom is -0.299 e. The standard InChI is InChI=1S/C17H15N3/c1-12(11-18)17-16(14-8-4-3-5-9-14)19-15-10-6-7-13(2)20(15)17/h3-10,12H,1-2H3. The summed E-state index contributed by atoms with van der Waals surface area (Å²) in [5.41, 5.74) is 4.89. The number of nitrogens with zero attached hydrogens (tertiary/aromatic N) is 3. The fourth-order valence-corrected chi connectivity index (χ4v) is 2.55. The number of benzene rings is 1. The van der Waals surface area contributed by atoms with Crippen LogP contribution in [0.3, 0.4) is 0 Å². The predicted octanol–water partition coefficient (Wildman–Crippen LogP) is 3.94. The largest absolute Gasteiger partial charge is 0.299 e. The maximum atomic E-state index is 9.34. The van der Waals surface area contributed by atoms with Gasteiger partial charge in [0.05, 0.1) is 23.4 Å². The van der Waals surface area contributed by atoms with Crippen molar-refractivity contribution < 1.29 is 0 Å². The van der Waals surface area contributed by atoms with Crippen LogP contribution in [0.2, 0.25) is 0 Å². The molecule has 0 saturated heterocycles. The Morgan fingerprint density at radius 1 is 1.10 bits per heavy atom. The second-order valence-electron chi connectivity index (χ2n) is 4.92. The first kappa shape index (κ1) is 12.4. The van der Waals surface area contributed by atoms with E-state index in [9.17, 15) is 5.26 Å². The summed E-state index contributed by atoms with van der Waals surface area (Å²) in [4.78, 5) is 4.72. The van der Waals surface area contributed by atoms with E-state index in [2.05, 4.69) is 10.5 Å². The summed E-state index contributed by atoms with van der Waals surface area (Å²) < 4.78 is 2.08. The molecule has 3 heteroatoms. The highest BCUT2D eigenvalue weighted by atomic mass is 15.0. The maximum Gasteiger partial charge on any atom is 0.137 e. The van der Waals surface area contributed by atoms with Crippen LogP contribution in [0, 0.1) is 18.3 Å². The van der Waals surface area contributed by atoms with Crippen molar-refractivity contribution in [3.05, 3.63) is 59.9 Å². The highest BCUT2D eigenvalue weighted by Gasteiger charge is 2.19. The molecule has 0 N–H and O–H groups in total. The molecule has 3 rings (SSSR count). The molecule has 3 aromatic rings. The molecular formula is C17H15N3. The fourth-order valence-electron chi connectivity index (χ4n) is 2.55. The SMILES string of the molecule is Cc1cccc2nc(-c3ccccc3)c(C(C)C#N)n12. The van der Waals surface area contributed by atoms with E-state index in [-0.39, 0.29) is 5.92 Å². The van der Waals surface area contributed by atoms with E-state index in [1.165, 1.54) is 0 Å². The Morgan fingerprint density at radius 2 is 1.85 bits per heavy atom. The van der Waals surface area contributed by atoms with E-state index in [1.54, 1.807) is 0 Å². The van der Waals surface area contributed by atoms with Crippen molar-refractivity contribution in [2.75, 3.05) is 0 Å². The van der Waals surface area contributed by atoms with Gasteiger partial charge in [0.2, 0.25) is 0 Å². The molecule has 0 aliphatic heterocycles. The highest BCUT2D eigenvalue weighted by Crippen LogP contribution is 2.30. The Hall–Kier alpha value is -2.60. The lowest BCUT2D eigenvalue weighted by molar-refractivity contribution is 0.882. The summed E-state index contributed by atoms with van der Waals surface area (Å²) in [5, 5.41) is 9.34. The van der Waals surface area contributed by atoms with E-state index in [1.807, 2.05) is 62.4 Å². The minimum atomic E-state index is -0.207. The average Bonchev–Trinajstić information content (AvgIpc) is 2.88. The summed E-state index contributed by atoms with van der Waals surface area (Å²) in [6.45, 7) is 3.96. The molecule has 2 aromatic heterocycles. The zero-order valence-electron chi connectivity index (χ0n) is 11.5. The van der Waals surface area contributed by atoms with Gasteiger partial charge >= 0.3 is 0 Å². The van der Waals surface area contributed by atoms with Gasteiger partial charge in [-0.25, -0.2) is 4.98 Å². The normalized spacial score (nSPS) is 12.2. The number of aromatic nitrogens is 2. The van der Waals surface area contributed by atoms with Crippen LogP contribution in [0.5, 0.6) is 0 Å². The minimum absolute atomic E-state index is 0.207. The molecule has 1 aromatic carbocycles. The Labute approximate surface area is 118 Å². The molecule has 0 aliphatic carbocycles. The van der Waals surface area contributed by atoms with Crippen molar-refractivity contribution in [2.45, 2.75) is 19.8 Å². The third kappa shape index (κ3) is 1.86. The molecule has 1 unspecified atom stereocenters. The lowest BCUT2D eigenvalue weighted by Crippen LogP contribution is -2.01. The molecule has 0 bridgehead atoms. The van der Waals surface area contributed by atoms with Crippen molar-refractivity contribution in [1.29, 1.82) is 5.26 Å². The molecule has 0 saturated carbocycles. The van der Waals surface area contributed by atoms with Crippen LogP contribution in [0.1, 0.15) is 24.2 Å². The van der Waals surface area contributed by atoms with Crippen molar-refractivity contribution in [3.63, 3.8) is 0 Å². The third-order valence-corrected chi connectivity index (χ3v) is 3.53. The molecule has 20 heavy (non-hydrogen) atoms. The average molecular weight is 261 g/mol. The van der Waals surface area contributed by atoms with Crippen molar-refractivity contribution >= 4 is 5.65 Å². The van der Waals surface area contributed by atoms with Gasteiger partial charge in [-0.15, -0.1) is 0 Å². The van der Waals surface area contributed by atoms with Crippen LogP contribution in [-0.4, -0.2) is 9.38 Å². The van der Waals surface area contributed by atoms with Crippen LogP contribution in [0.4, 0.5) is 0 Å². The number of pyridine rings is 1. The van der Waals surface area contributed by atoms with Crippen LogP contribution in [0.15, 0.2) is 48.5 Å². The molecule has 1 atom stereocenters. The van der Waals surface area contributed by atoms with Crippen LogP contribution >= 0.6 is 0 Å². The first-order valence-electron chi connectivity index (χ1n) is 6.65. The molecule has 0 radical (unpaired) electrons.